The van der Waals surface area contributed by atoms with E-state index >= 15 is 0 Å². The molecule has 0 radical (unpaired) electrons. The van der Waals surface area contributed by atoms with E-state index in [4.69, 9.17) is 0 Å². The van der Waals surface area contributed by atoms with Crippen molar-refractivity contribution in [2.24, 2.45) is 7.05 Å². The van der Waals surface area contributed by atoms with Crippen LogP contribution in [-0.2, 0) is 16.6 Å². The minimum Gasteiger partial charge on any atom is -0.504 e. The molecule has 5 heteroatoms. The summed E-state index contributed by atoms with van der Waals surface area (Å²) in [5.74, 6) is -0.480. The molecular formula is C10H14N2O3. The lowest BCUT2D eigenvalue weighted by Crippen LogP contribution is -2.08. The van der Waals surface area contributed by atoms with Gasteiger partial charge in [-0.1, -0.05) is 6.08 Å². The largest absolute Gasteiger partial charge is 0.504 e. The lowest BCUT2D eigenvalue weighted by atomic mass is 10.1. The summed E-state index contributed by atoms with van der Waals surface area (Å²) in [6.45, 7) is 3.37. The minimum atomic E-state index is -0.490. The highest BCUT2D eigenvalue weighted by molar-refractivity contribution is 6.16. The summed E-state index contributed by atoms with van der Waals surface area (Å²) in [6.07, 6.45) is 1.59. The maximum Gasteiger partial charge on any atom is 0.339 e. The van der Waals surface area contributed by atoms with Crippen molar-refractivity contribution in [3.8, 4) is 5.75 Å². The van der Waals surface area contributed by atoms with E-state index in [1.54, 1.807) is 27.0 Å². The monoisotopic (exact) mass is 210 g/mol. The number of rotatable bonds is 2. The van der Waals surface area contributed by atoms with Crippen molar-refractivity contribution >= 4 is 11.5 Å². The number of carbonyl (C=O) groups excluding carboxylic acids is 1. The second-order valence-electron chi connectivity index (χ2n) is 3.10. The van der Waals surface area contributed by atoms with Crippen molar-refractivity contribution in [2.45, 2.75) is 13.8 Å². The number of nitrogens with zero attached hydrogens (tertiary/aromatic N) is 2. The van der Waals surface area contributed by atoms with E-state index in [2.05, 4.69) is 9.84 Å². The number of esters is 1. The van der Waals surface area contributed by atoms with Crippen molar-refractivity contribution in [1.82, 2.24) is 9.78 Å². The number of allylic oxidation sites excluding steroid dienone is 1. The second kappa shape index (κ2) is 4.16. The highest BCUT2D eigenvalue weighted by Crippen LogP contribution is 2.28. The Morgan fingerprint density at radius 2 is 2.20 bits per heavy atom. The van der Waals surface area contributed by atoms with Gasteiger partial charge in [0.1, 0.15) is 11.4 Å². The van der Waals surface area contributed by atoms with Gasteiger partial charge in [-0.05, 0) is 13.8 Å². The molecule has 1 aromatic rings. The average Bonchev–Trinajstić information content (AvgIpc) is 2.45. The fraction of sp³-hybridized carbons (Fsp3) is 0.400. The summed E-state index contributed by atoms with van der Waals surface area (Å²) in [7, 11) is 2.96. The number of hydrogen-bond donors (Lipinski definition) is 1. The Kier molecular flexibility index (Phi) is 3.14. The summed E-state index contributed by atoms with van der Waals surface area (Å²) < 4.78 is 6.07. The van der Waals surface area contributed by atoms with Gasteiger partial charge >= 0.3 is 5.97 Å². The van der Waals surface area contributed by atoms with E-state index in [0.717, 1.165) is 0 Å². The molecule has 0 aliphatic heterocycles. The molecule has 1 heterocycles. The third kappa shape index (κ3) is 1.86. The Morgan fingerprint density at radius 1 is 1.60 bits per heavy atom. The van der Waals surface area contributed by atoms with Crippen molar-refractivity contribution in [2.75, 3.05) is 7.11 Å². The SMILES string of the molecule is CC=C(C(=O)OC)c1c(O)c(C)nn1C. The van der Waals surface area contributed by atoms with Crippen LogP contribution in [0.25, 0.3) is 5.57 Å². The van der Waals surface area contributed by atoms with Gasteiger partial charge in [0.05, 0.1) is 12.7 Å². The number of carbonyl (C=O) groups is 1. The fourth-order valence-electron chi connectivity index (χ4n) is 1.41. The smallest absolute Gasteiger partial charge is 0.339 e. The van der Waals surface area contributed by atoms with Crippen LogP contribution in [-0.4, -0.2) is 28.0 Å². The predicted molar refractivity (Wildman–Crippen MR) is 55.3 cm³/mol. The van der Waals surface area contributed by atoms with E-state index in [9.17, 15) is 9.90 Å². The molecule has 0 atom stereocenters. The zero-order valence-electron chi connectivity index (χ0n) is 9.24. The third-order valence-corrected chi connectivity index (χ3v) is 2.14. The predicted octanol–water partition coefficient (Wildman–Crippen LogP) is 1.01. The molecule has 0 spiro atoms. The molecule has 82 valence electrons. The molecule has 1 aromatic heterocycles. The first-order valence-electron chi connectivity index (χ1n) is 4.50. The average molecular weight is 210 g/mol. The van der Waals surface area contributed by atoms with Crippen LogP contribution in [0.2, 0.25) is 0 Å². The van der Waals surface area contributed by atoms with Gasteiger partial charge in [-0.3, -0.25) is 4.68 Å². The van der Waals surface area contributed by atoms with Crippen LogP contribution < -0.4 is 0 Å². The van der Waals surface area contributed by atoms with E-state index in [0.29, 0.717) is 17.0 Å². The van der Waals surface area contributed by atoms with Crippen molar-refractivity contribution < 1.29 is 14.6 Å². The zero-order valence-corrected chi connectivity index (χ0v) is 9.24. The maximum absolute atomic E-state index is 11.4. The molecule has 0 aliphatic carbocycles. The quantitative estimate of drug-likeness (QED) is 0.584. The first-order valence-corrected chi connectivity index (χ1v) is 4.50. The normalized spacial score (nSPS) is 11.6. The minimum absolute atomic E-state index is 0.0102. The van der Waals surface area contributed by atoms with Gasteiger partial charge in [-0.2, -0.15) is 5.10 Å². The Hall–Kier alpha value is -1.78. The summed E-state index contributed by atoms with van der Waals surface area (Å²) in [6, 6.07) is 0. The maximum atomic E-state index is 11.4. The molecule has 1 rings (SSSR count). The molecule has 0 aliphatic rings. The fourth-order valence-corrected chi connectivity index (χ4v) is 1.41. The van der Waals surface area contributed by atoms with Crippen LogP contribution in [0.15, 0.2) is 6.08 Å². The van der Waals surface area contributed by atoms with Gasteiger partial charge in [-0.15, -0.1) is 0 Å². The number of hydrogen-bond acceptors (Lipinski definition) is 4. The summed E-state index contributed by atoms with van der Waals surface area (Å²) in [5.41, 5.74) is 1.16. The van der Waals surface area contributed by atoms with Crippen molar-refractivity contribution in [3.63, 3.8) is 0 Å². The van der Waals surface area contributed by atoms with Crippen LogP contribution in [0.5, 0.6) is 5.75 Å². The first-order chi connectivity index (χ1) is 7.02. The number of aryl methyl sites for hydroxylation is 2. The molecule has 0 bridgehead atoms. The van der Waals surface area contributed by atoms with Gasteiger partial charge in [0.2, 0.25) is 0 Å². The highest BCUT2D eigenvalue weighted by atomic mass is 16.5. The number of aromatic hydroxyl groups is 1. The number of aromatic nitrogens is 2. The van der Waals surface area contributed by atoms with E-state index < -0.39 is 5.97 Å². The van der Waals surface area contributed by atoms with Gasteiger partial charge in [0.25, 0.3) is 0 Å². The van der Waals surface area contributed by atoms with Crippen LogP contribution in [0.1, 0.15) is 18.3 Å². The summed E-state index contributed by atoms with van der Waals surface area (Å²) in [4.78, 5) is 11.4. The molecule has 0 fully saturated rings. The van der Waals surface area contributed by atoms with Gasteiger partial charge in [0.15, 0.2) is 5.75 Å². The third-order valence-electron chi connectivity index (χ3n) is 2.14. The zero-order chi connectivity index (χ0) is 11.6. The molecule has 0 aromatic carbocycles. The first kappa shape index (κ1) is 11.3. The molecule has 15 heavy (non-hydrogen) atoms. The number of ether oxygens (including phenoxy) is 1. The van der Waals surface area contributed by atoms with Crippen molar-refractivity contribution in [1.29, 1.82) is 0 Å². The van der Waals surface area contributed by atoms with Crippen molar-refractivity contribution in [3.05, 3.63) is 17.5 Å². The molecule has 0 saturated carbocycles. The lowest BCUT2D eigenvalue weighted by Gasteiger charge is -2.05. The van der Waals surface area contributed by atoms with Crippen LogP contribution in [0.3, 0.4) is 0 Å². The van der Waals surface area contributed by atoms with E-state index in [1.807, 2.05) is 0 Å². The molecule has 0 amide bonds. The summed E-state index contributed by atoms with van der Waals surface area (Å²) in [5, 5.41) is 13.7. The molecule has 0 saturated heterocycles. The van der Waals surface area contributed by atoms with Crippen LogP contribution in [0, 0.1) is 6.92 Å². The number of methoxy groups -OCH3 is 1. The standard InChI is InChI=1S/C10H14N2O3/c1-5-7(10(14)15-4)8-9(13)6(2)11-12(8)3/h5,13H,1-4H3. The van der Waals surface area contributed by atoms with Crippen LogP contribution >= 0.6 is 0 Å². The Labute approximate surface area is 88.0 Å². The molecule has 0 unspecified atom stereocenters. The van der Waals surface area contributed by atoms with Gasteiger partial charge in [0, 0.05) is 7.05 Å². The van der Waals surface area contributed by atoms with Gasteiger partial charge < -0.3 is 9.84 Å². The topological polar surface area (TPSA) is 64.3 Å². The van der Waals surface area contributed by atoms with Crippen LogP contribution in [0.4, 0.5) is 0 Å². The van der Waals surface area contributed by atoms with E-state index in [1.165, 1.54) is 11.8 Å². The Balaban J connectivity index is 3.31. The lowest BCUT2D eigenvalue weighted by molar-refractivity contribution is -0.133. The Bertz CT molecular complexity index is 419. The Morgan fingerprint density at radius 3 is 2.53 bits per heavy atom. The molecular weight excluding hydrogens is 196 g/mol. The molecule has 1 N–H and O–H groups in total. The highest BCUT2D eigenvalue weighted by Gasteiger charge is 2.21. The van der Waals surface area contributed by atoms with E-state index in [-0.39, 0.29) is 5.75 Å². The second-order valence-corrected chi connectivity index (χ2v) is 3.10. The summed E-state index contributed by atoms with van der Waals surface area (Å²) >= 11 is 0. The van der Waals surface area contributed by atoms with Gasteiger partial charge in [-0.25, -0.2) is 4.79 Å². The molecule has 5 nitrogen and oxygen atoms in total.